The fourth-order valence-electron chi connectivity index (χ4n) is 2.13. The molecule has 0 aliphatic carbocycles. The molecule has 1 N–H and O–H groups in total. The van der Waals surface area contributed by atoms with E-state index in [0.29, 0.717) is 6.54 Å². The lowest BCUT2D eigenvalue weighted by molar-refractivity contribution is -0.146. The van der Waals surface area contributed by atoms with Crippen molar-refractivity contribution in [3.8, 4) is 0 Å². The quantitative estimate of drug-likeness (QED) is 0.854. The van der Waals surface area contributed by atoms with Crippen molar-refractivity contribution in [3.05, 3.63) is 35.9 Å². The van der Waals surface area contributed by atoms with Gasteiger partial charge in [-0.2, -0.15) is 0 Å². The second-order valence-corrected chi connectivity index (χ2v) is 7.74. The molecule has 2 rings (SSSR count). The zero-order valence-corrected chi connectivity index (χ0v) is 14.6. The third-order valence-corrected chi connectivity index (χ3v) is 4.63. The summed E-state index contributed by atoms with van der Waals surface area (Å²) in [5, 5.41) is 9.62. The van der Waals surface area contributed by atoms with Crippen LogP contribution in [-0.4, -0.2) is 43.5 Å². The van der Waals surface area contributed by atoms with Crippen molar-refractivity contribution in [2.45, 2.75) is 45.4 Å². The summed E-state index contributed by atoms with van der Waals surface area (Å²) in [5.74, 6) is -0.966. The molecule has 1 unspecified atom stereocenters. The Bertz CT molecular complexity index is 587. The van der Waals surface area contributed by atoms with Crippen LogP contribution in [0.3, 0.4) is 0 Å². The first-order valence-electron chi connectivity index (χ1n) is 7.35. The highest BCUT2D eigenvalue weighted by atomic mass is 32.2. The Balaban J connectivity index is 2.17. The van der Waals surface area contributed by atoms with Crippen molar-refractivity contribution < 1.29 is 19.4 Å². The van der Waals surface area contributed by atoms with Crippen LogP contribution in [0.1, 0.15) is 33.3 Å². The van der Waals surface area contributed by atoms with Gasteiger partial charge in [0.05, 0.1) is 6.54 Å². The van der Waals surface area contributed by atoms with Gasteiger partial charge in [0.2, 0.25) is 0 Å². The summed E-state index contributed by atoms with van der Waals surface area (Å²) in [7, 11) is 0. The van der Waals surface area contributed by atoms with Gasteiger partial charge in [0.15, 0.2) is 0 Å². The zero-order valence-electron chi connectivity index (χ0n) is 13.8. The minimum absolute atomic E-state index is 0.0642. The van der Waals surface area contributed by atoms with Crippen molar-refractivity contribution in [1.82, 2.24) is 8.61 Å². The molecule has 23 heavy (non-hydrogen) atoms. The van der Waals surface area contributed by atoms with E-state index in [9.17, 15) is 14.7 Å². The maximum absolute atomic E-state index is 12.2. The number of nitrogens with zero attached hydrogens (tertiary/aromatic N) is 2. The molecular formula is C16H22N2O4S. The van der Waals surface area contributed by atoms with E-state index in [2.05, 4.69) is 0 Å². The number of hydrogen-bond donors (Lipinski definition) is 1. The van der Waals surface area contributed by atoms with Gasteiger partial charge >= 0.3 is 12.1 Å². The third kappa shape index (κ3) is 4.17. The Hall–Kier alpha value is -1.73. The van der Waals surface area contributed by atoms with Crippen molar-refractivity contribution in [2.24, 2.45) is 0 Å². The Morgan fingerprint density at radius 1 is 1.30 bits per heavy atom. The molecule has 7 heteroatoms. The topological polar surface area (TPSA) is 70.1 Å². The average Bonchev–Trinajstić information content (AvgIpc) is 2.77. The van der Waals surface area contributed by atoms with Crippen LogP contribution in [0, 0.1) is 0 Å². The first-order valence-corrected chi connectivity index (χ1v) is 8.08. The smallest absolute Gasteiger partial charge is 0.421 e. The largest absolute Gasteiger partial charge is 0.480 e. The minimum Gasteiger partial charge on any atom is -0.480 e. The van der Waals surface area contributed by atoms with Crippen LogP contribution in [0.5, 0.6) is 0 Å². The van der Waals surface area contributed by atoms with Gasteiger partial charge in [-0.3, -0.25) is 4.79 Å². The van der Waals surface area contributed by atoms with Gasteiger partial charge in [0, 0.05) is 18.7 Å². The van der Waals surface area contributed by atoms with Crippen LogP contribution in [0.15, 0.2) is 30.3 Å². The Labute approximate surface area is 140 Å². The van der Waals surface area contributed by atoms with Gasteiger partial charge < -0.3 is 9.84 Å². The Morgan fingerprint density at radius 2 is 1.91 bits per heavy atom. The molecule has 1 heterocycles. The van der Waals surface area contributed by atoms with E-state index in [-0.39, 0.29) is 6.54 Å². The summed E-state index contributed by atoms with van der Waals surface area (Å²) in [6, 6.07) is 9.57. The van der Waals surface area contributed by atoms with Gasteiger partial charge in [-0.15, -0.1) is 0 Å². The minimum atomic E-state index is -1.17. The van der Waals surface area contributed by atoms with Crippen molar-refractivity contribution in [2.75, 3.05) is 6.54 Å². The van der Waals surface area contributed by atoms with E-state index in [1.54, 1.807) is 32.0 Å². The predicted molar refractivity (Wildman–Crippen MR) is 88.6 cm³/mol. The van der Waals surface area contributed by atoms with Gasteiger partial charge in [-0.1, -0.05) is 30.3 Å². The molecule has 0 radical (unpaired) electrons. The van der Waals surface area contributed by atoms with Crippen LogP contribution in [0.4, 0.5) is 4.79 Å². The molecule has 1 atom stereocenters. The lowest BCUT2D eigenvalue weighted by atomic mass is 10.0. The van der Waals surface area contributed by atoms with Crippen molar-refractivity contribution in [1.29, 1.82) is 0 Å². The predicted octanol–water partition coefficient (Wildman–Crippen LogP) is 3.15. The molecule has 1 aliphatic heterocycles. The van der Waals surface area contributed by atoms with Crippen molar-refractivity contribution >= 4 is 24.2 Å². The standard InChI is InChI=1S/C16H22N2O4S/c1-15(2,3)22-14(21)17-11-16(4,13(19)20)18(23-17)10-12-8-6-5-7-9-12/h5-9H,10-11H2,1-4H3,(H,19,20). The maximum atomic E-state index is 12.2. The van der Waals surface area contributed by atoms with Gasteiger partial charge in [0.25, 0.3) is 0 Å². The molecule has 1 amide bonds. The first-order chi connectivity index (χ1) is 10.6. The molecule has 1 saturated heterocycles. The third-order valence-electron chi connectivity index (χ3n) is 3.43. The fraction of sp³-hybridized carbons (Fsp3) is 0.500. The maximum Gasteiger partial charge on any atom is 0.421 e. The number of aliphatic carboxylic acids is 1. The number of carbonyl (C=O) groups is 2. The fourth-order valence-corrected chi connectivity index (χ4v) is 3.31. The molecular weight excluding hydrogens is 316 g/mol. The summed E-state index contributed by atoms with van der Waals surface area (Å²) in [4.78, 5) is 24.0. The molecule has 0 aromatic heterocycles. The summed E-state index contributed by atoms with van der Waals surface area (Å²) in [6.07, 6.45) is -0.523. The van der Waals surface area contributed by atoms with E-state index in [0.717, 1.165) is 17.7 Å². The molecule has 0 spiro atoms. The van der Waals surface area contributed by atoms with Crippen LogP contribution < -0.4 is 0 Å². The van der Waals surface area contributed by atoms with Crippen LogP contribution in [0.2, 0.25) is 0 Å². The second kappa shape index (κ2) is 6.41. The number of benzene rings is 1. The highest BCUT2D eigenvalue weighted by Crippen LogP contribution is 2.38. The number of amides is 1. The summed E-state index contributed by atoms with van der Waals surface area (Å²) in [5.41, 5.74) is -0.805. The normalized spacial score (nSPS) is 22.2. The SMILES string of the molecule is CC(C)(C)OC(=O)N1CC(C)(C(=O)O)N(Cc2ccccc2)S1. The zero-order chi connectivity index (χ0) is 17.3. The van der Waals surface area contributed by atoms with Gasteiger partial charge in [-0.25, -0.2) is 13.4 Å². The van der Waals surface area contributed by atoms with Crippen LogP contribution >= 0.6 is 12.1 Å². The van der Waals surface area contributed by atoms with E-state index < -0.39 is 23.2 Å². The molecule has 1 aromatic carbocycles. The number of rotatable bonds is 3. The van der Waals surface area contributed by atoms with E-state index in [1.807, 2.05) is 30.3 Å². The highest BCUT2D eigenvalue weighted by molar-refractivity contribution is 7.95. The molecule has 126 valence electrons. The highest BCUT2D eigenvalue weighted by Gasteiger charge is 2.50. The summed E-state index contributed by atoms with van der Waals surface area (Å²) < 4.78 is 8.41. The average molecular weight is 338 g/mol. The lowest BCUT2D eigenvalue weighted by Gasteiger charge is -2.27. The van der Waals surface area contributed by atoms with E-state index in [1.165, 1.54) is 4.31 Å². The van der Waals surface area contributed by atoms with Gasteiger partial charge in [0.1, 0.15) is 11.1 Å². The monoisotopic (exact) mass is 338 g/mol. The van der Waals surface area contributed by atoms with E-state index in [4.69, 9.17) is 4.74 Å². The Morgan fingerprint density at radius 3 is 2.43 bits per heavy atom. The number of ether oxygens (including phenoxy) is 1. The van der Waals surface area contributed by atoms with Crippen molar-refractivity contribution in [3.63, 3.8) is 0 Å². The molecule has 0 bridgehead atoms. The number of carboxylic acid groups (broad SMARTS) is 1. The number of carbonyl (C=O) groups excluding carboxylic acids is 1. The molecule has 0 saturated carbocycles. The Kier molecular flexibility index (Phi) is 4.91. The molecule has 1 aliphatic rings. The molecule has 1 fully saturated rings. The van der Waals surface area contributed by atoms with Gasteiger partial charge in [-0.05, 0) is 33.3 Å². The number of hydrogen-bond acceptors (Lipinski definition) is 5. The molecule has 1 aromatic rings. The first kappa shape index (κ1) is 17.6. The number of carboxylic acids is 1. The molecule has 6 nitrogen and oxygen atoms in total. The van der Waals surface area contributed by atoms with Crippen LogP contribution in [-0.2, 0) is 16.1 Å². The summed E-state index contributed by atoms with van der Waals surface area (Å²) in [6.45, 7) is 7.45. The lowest BCUT2D eigenvalue weighted by Crippen LogP contribution is -2.49. The second-order valence-electron chi connectivity index (χ2n) is 6.70. The van der Waals surface area contributed by atoms with Crippen LogP contribution in [0.25, 0.3) is 0 Å². The van der Waals surface area contributed by atoms with E-state index >= 15 is 0 Å². The summed E-state index contributed by atoms with van der Waals surface area (Å²) >= 11 is 1.10.